The number of para-hydroxylation sites is 1. The third kappa shape index (κ3) is 5.75. The topological polar surface area (TPSA) is 81.7 Å². The van der Waals surface area contributed by atoms with Crippen molar-refractivity contribution in [3.05, 3.63) is 59.9 Å². The fourth-order valence-electron chi connectivity index (χ4n) is 1.98. The predicted octanol–water partition coefficient (Wildman–Crippen LogP) is 2.82. The number of hydrogen-bond acceptors (Lipinski definition) is 5. The first-order chi connectivity index (χ1) is 11.9. The highest BCUT2D eigenvalue weighted by Crippen LogP contribution is 2.18. The number of nitrogens with one attached hydrogen (secondary N) is 1. The molecule has 0 aliphatic heterocycles. The molecular formula is C17H18FNO5S. The molecule has 1 N–H and O–H groups in total. The Balaban J connectivity index is 1.99. The molecule has 0 aromatic heterocycles. The monoisotopic (exact) mass is 367 g/mol. The van der Waals surface area contributed by atoms with Crippen molar-refractivity contribution in [3.63, 3.8) is 0 Å². The minimum Gasteiger partial charge on any atom is -0.492 e. The Hall–Kier alpha value is -2.61. The highest BCUT2D eigenvalue weighted by Gasteiger charge is 2.17. The summed E-state index contributed by atoms with van der Waals surface area (Å²) >= 11 is 0. The number of ether oxygens (including phenoxy) is 2. The van der Waals surface area contributed by atoms with Crippen LogP contribution in [0.3, 0.4) is 0 Å². The summed E-state index contributed by atoms with van der Waals surface area (Å²) in [6.45, 7) is 1.73. The van der Waals surface area contributed by atoms with Gasteiger partial charge in [0.2, 0.25) is 10.0 Å². The molecule has 0 heterocycles. The van der Waals surface area contributed by atoms with Gasteiger partial charge in [0.05, 0.1) is 17.9 Å². The second-order valence-electron chi connectivity index (χ2n) is 4.99. The molecule has 2 aromatic carbocycles. The Morgan fingerprint density at radius 3 is 2.48 bits per heavy atom. The highest BCUT2D eigenvalue weighted by molar-refractivity contribution is 7.92. The molecule has 0 saturated carbocycles. The zero-order chi connectivity index (χ0) is 18.3. The number of esters is 1. The maximum absolute atomic E-state index is 12.8. The Kier molecular flexibility index (Phi) is 6.35. The highest BCUT2D eigenvalue weighted by atomic mass is 32.2. The Labute approximate surface area is 145 Å². The van der Waals surface area contributed by atoms with Gasteiger partial charge in [-0.15, -0.1) is 0 Å². The van der Waals surface area contributed by atoms with Gasteiger partial charge in [-0.1, -0.05) is 12.1 Å². The number of carbonyl (C=O) groups excluding carboxylic acids is 1. The van der Waals surface area contributed by atoms with Crippen LogP contribution in [-0.2, 0) is 14.8 Å². The molecule has 25 heavy (non-hydrogen) atoms. The number of rotatable bonds is 8. The second-order valence-corrected chi connectivity index (χ2v) is 6.83. The molecule has 0 unspecified atom stereocenters. The average Bonchev–Trinajstić information content (AvgIpc) is 2.57. The molecule has 0 spiro atoms. The molecule has 2 rings (SSSR count). The standard InChI is InChI=1S/C17H18FNO5S/c1-2-23-17(20)15-5-3-4-6-16(15)19-25(21,22)12-11-24-14-9-7-13(18)8-10-14/h3-10,19H,2,11-12H2,1H3. The molecule has 0 radical (unpaired) electrons. The molecule has 6 nitrogen and oxygen atoms in total. The summed E-state index contributed by atoms with van der Waals surface area (Å²) in [6, 6.07) is 11.4. The van der Waals surface area contributed by atoms with Gasteiger partial charge in [-0.2, -0.15) is 0 Å². The van der Waals surface area contributed by atoms with Gasteiger partial charge in [-0.05, 0) is 43.3 Å². The molecule has 0 fully saturated rings. The summed E-state index contributed by atoms with van der Waals surface area (Å²) in [5.74, 6) is -0.981. The molecule has 8 heteroatoms. The maximum Gasteiger partial charge on any atom is 0.340 e. The lowest BCUT2D eigenvalue weighted by molar-refractivity contribution is 0.0527. The quantitative estimate of drug-likeness (QED) is 0.726. The number of benzene rings is 2. The summed E-state index contributed by atoms with van der Waals surface area (Å²) < 4.78 is 49.7. The molecule has 0 aliphatic rings. The van der Waals surface area contributed by atoms with Gasteiger partial charge in [0.1, 0.15) is 23.9 Å². The summed E-state index contributed by atoms with van der Waals surface area (Å²) in [6.07, 6.45) is 0. The average molecular weight is 367 g/mol. The summed E-state index contributed by atoms with van der Waals surface area (Å²) in [7, 11) is -3.74. The molecule has 134 valence electrons. The van der Waals surface area contributed by atoms with Crippen molar-refractivity contribution in [3.8, 4) is 5.75 Å². The van der Waals surface area contributed by atoms with Crippen LogP contribution in [0.1, 0.15) is 17.3 Å². The first-order valence-corrected chi connectivity index (χ1v) is 9.21. The smallest absolute Gasteiger partial charge is 0.340 e. The van der Waals surface area contributed by atoms with Crippen molar-refractivity contribution < 1.29 is 27.1 Å². The van der Waals surface area contributed by atoms with Crippen LogP contribution < -0.4 is 9.46 Å². The maximum atomic E-state index is 12.8. The van der Waals surface area contributed by atoms with Gasteiger partial charge in [-0.25, -0.2) is 17.6 Å². The van der Waals surface area contributed by atoms with Crippen LogP contribution in [0.15, 0.2) is 48.5 Å². The Morgan fingerprint density at radius 2 is 1.80 bits per heavy atom. The van der Waals surface area contributed by atoms with Crippen LogP contribution in [0, 0.1) is 5.82 Å². The van der Waals surface area contributed by atoms with Crippen molar-refractivity contribution in [1.29, 1.82) is 0 Å². The van der Waals surface area contributed by atoms with Gasteiger partial charge in [0.25, 0.3) is 0 Å². The molecule has 0 saturated heterocycles. The van der Waals surface area contributed by atoms with E-state index < -0.39 is 21.8 Å². The first kappa shape index (κ1) is 18.7. The van der Waals surface area contributed by atoms with Crippen molar-refractivity contribution in [2.45, 2.75) is 6.92 Å². The van der Waals surface area contributed by atoms with E-state index in [1.54, 1.807) is 19.1 Å². The van der Waals surface area contributed by atoms with E-state index in [-0.39, 0.29) is 30.2 Å². The minimum absolute atomic E-state index is 0.122. The number of hydrogen-bond donors (Lipinski definition) is 1. The summed E-state index contributed by atoms with van der Waals surface area (Å²) in [5, 5.41) is 0. The third-order valence-electron chi connectivity index (χ3n) is 3.12. The van der Waals surface area contributed by atoms with Crippen LogP contribution in [0.25, 0.3) is 0 Å². The third-order valence-corrected chi connectivity index (χ3v) is 4.36. The normalized spacial score (nSPS) is 11.0. The Morgan fingerprint density at radius 1 is 1.12 bits per heavy atom. The molecule has 0 bridgehead atoms. The van der Waals surface area contributed by atoms with E-state index in [2.05, 4.69) is 4.72 Å². The molecule has 0 atom stereocenters. The van der Waals surface area contributed by atoms with Crippen molar-refractivity contribution in [2.75, 3.05) is 23.7 Å². The predicted molar refractivity (Wildman–Crippen MR) is 91.7 cm³/mol. The van der Waals surface area contributed by atoms with Crippen LogP contribution in [0.4, 0.5) is 10.1 Å². The number of carbonyl (C=O) groups is 1. The van der Waals surface area contributed by atoms with E-state index in [9.17, 15) is 17.6 Å². The van der Waals surface area contributed by atoms with Gasteiger partial charge >= 0.3 is 5.97 Å². The van der Waals surface area contributed by atoms with Crippen LogP contribution in [0.5, 0.6) is 5.75 Å². The van der Waals surface area contributed by atoms with E-state index >= 15 is 0 Å². The zero-order valence-corrected chi connectivity index (χ0v) is 14.4. The van der Waals surface area contributed by atoms with Crippen molar-refractivity contribution in [2.24, 2.45) is 0 Å². The van der Waals surface area contributed by atoms with Gasteiger partial charge in [0.15, 0.2) is 0 Å². The molecule has 0 amide bonds. The van der Waals surface area contributed by atoms with E-state index in [0.29, 0.717) is 5.75 Å². The summed E-state index contributed by atoms with van der Waals surface area (Å²) in [4.78, 5) is 11.9. The fourth-order valence-corrected chi connectivity index (χ4v) is 2.90. The van der Waals surface area contributed by atoms with Crippen LogP contribution in [-0.4, -0.2) is 33.4 Å². The van der Waals surface area contributed by atoms with Gasteiger partial charge in [-0.3, -0.25) is 4.72 Å². The van der Waals surface area contributed by atoms with Crippen molar-refractivity contribution >= 4 is 21.7 Å². The molecule has 2 aromatic rings. The lowest BCUT2D eigenvalue weighted by Crippen LogP contribution is -2.22. The number of anilines is 1. The van der Waals surface area contributed by atoms with Gasteiger partial charge < -0.3 is 9.47 Å². The van der Waals surface area contributed by atoms with Crippen molar-refractivity contribution in [1.82, 2.24) is 0 Å². The second kappa shape index (κ2) is 8.48. The fraction of sp³-hybridized carbons (Fsp3) is 0.235. The van der Waals surface area contributed by atoms with Crippen LogP contribution >= 0.6 is 0 Å². The Bertz CT molecular complexity index is 821. The lowest BCUT2D eigenvalue weighted by atomic mass is 10.2. The van der Waals surface area contributed by atoms with E-state index in [0.717, 1.165) is 0 Å². The SMILES string of the molecule is CCOC(=O)c1ccccc1NS(=O)(=O)CCOc1ccc(F)cc1. The molecule has 0 aliphatic carbocycles. The van der Waals surface area contributed by atoms with E-state index in [1.165, 1.54) is 36.4 Å². The largest absolute Gasteiger partial charge is 0.492 e. The first-order valence-electron chi connectivity index (χ1n) is 7.56. The van der Waals surface area contributed by atoms with Gasteiger partial charge in [0, 0.05) is 0 Å². The summed E-state index contributed by atoms with van der Waals surface area (Å²) in [5.41, 5.74) is 0.273. The zero-order valence-electron chi connectivity index (χ0n) is 13.6. The number of sulfonamides is 1. The van der Waals surface area contributed by atoms with Crippen LogP contribution in [0.2, 0.25) is 0 Å². The van der Waals surface area contributed by atoms with E-state index in [4.69, 9.17) is 9.47 Å². The number of halogens is 1. The molecular weight excluding hydrogens is 349 g/mol. The lowest BCUT2D eigenvalue weighted by Gasteiger charge is -2.12. The minimum atomic E-state index is -3.74. The van der Waals surface area contributed by atoms with E-state index in [1.807, 2.05) is 0 Å².